The van der Waals surface area contributed by atoms with E-state index >= 15 is 0 Å². The molecule has 2 heterocycles. The molecular formula is C19H27FN2O2. The number of piperidine rings is 1. The van der Waals surface area contributed by atoms with Gasteiger partial charge in [0.05, 0.1) is 18.2 Å². The largest absolute Gasteiger partial charge is 0.375 e. The number of amides is 1. The third kappa shape index (κ3) is 3.78. The molecule has 0 spiro atoms. The van der Waals surface area contributed by atoms with Gasteiger partial charge in [0.25, 0.3) is 0 Å². The summed E-state index contributed by atoms with van der Waals surface area (Å²) in [5.74, 6) is -0.164. The van der Waals surface area contributed by atoms with Gasteiger partial charge in [-0.3, -0.25) is 4.79 Å². The fourth-order valence-electron chi connectivity index (χ4n) is 4.02. The highest BCUT2D eigenvalue weighted by Crippen LogP contribution is 2.27. The Balaban J connectivity index is 1.70. The van der Waals surface area contributed by atoms with Gasteiger partial charge in [0.2, 0.25) is 5.91 Å². The molecule has 0 radical (unpaired) electrons. The number of hydrogen-bond acceptors (Lipinski definition) is 3. The number of carbonyl (C=O) groups is 1. The maximum absolute atomic E-state index is 13.3. The Bertz CT molecular complexity index is 597. The van der Waals surface area contributed by atoms with Crippen molar-refractivity contribution in [3.8, 4) is 0 Å². The van der Waals surface area contributed by atoms with Crippen LogP contribution in [0.3, 0.4) is 0 Å². The standard InChI is InChI=1S/C19H27FN2O2/c1-12-9-15(20)6-7-18(12)22-8-4-5-17(19(22)23)21-16-10-13(2)24-14(3)11-16/h6-7,9,13-14,16-17,21H,4-5,8,10-11H2,1-3H3/t13-,14-,17-/m0/s1. The van der Waals surface area contributed by atoms with Crippen LogP contribution in [0.2, 0.25) is 0 Å². The van der Waals surface area contributed by atoms with Crippen molar-refractivity contribution in [2.24, 2.45) is 0 Å². The summed E-state index contributed by atoms with van der Waals surface area (Å²) in [5.41, 5.74) is 1.62. The molecule has 2 aliphatic heterocycles. The van der Waals surface area contributed by atoms with E-state index in [0.29, 0.717) is 12.6 Å². The van der Waals surface area contributed by atoms with E-state index in [2.05, 4.69) is 19.2 Å². The van der Waals surface area contributed by atoms with Crippen molar-refractivity contribution >= 4 is 11.6 Å². The van der Waals surface area contributed by atoms with Gasteiger partial charge < -0.3 is 15.0 Å². The molecule has 0 saturated carbocycles. The van der Waals surface area contributed by atoms with E-state index in [1.165, 1.54) is 12.1 Å². The van der Waals surface area contributed by atoms with Crippen molar-refractivity contribution in [3.05, 3.63) is 29.6 Å². The average Bonchev–Trinajstić information content (AvgIpc) is 2.49. The predicted octanol–water partition coefficient (Wildman–Crippen LogP) is 3.18. The smallest absolute Gasteiger partial charge is 0.244 e. The molecule has 2 saturated heterocycles. The van der Waals surface area contributed by atoms with E-state index in [1.807, 2.05) is 11.8 Å². The van der Waals surface area contributed by atoms with Crippen LogP contribution in [-0.2, 0) is 9.53 Å². The second-order valence-electron chi connectivity index (χ2n) is 7.21. The summed E-state index contributed by atoms with van der Waals surface area (Å²) in [5, 5.41) is 3.55. The van der Waals surface area contributed by atoms with E-state index in [9.17, 15) is 9.18 Å². The summed E-state index contributed by atoms with van der Waals surface area (Å²) >= 11 is 0. The normalized spacial score (nSPS) is 31.3. The van der Waals surface area contributed by atoms with Crippen LogP contribution in [0.4, 0.5) is 10.1 Å². The second-order valence-corrected chi connectivity index (χ2v) is 7.21. The molecule has 3 atom stereocenters. The number of hydrogen-bond donors (Lipinski definition) is 1. The van der Waals surface area contributed by atoms with Gasteiger partial charge in [-0.2, -0.15) is 0 Å². The maximum atomic E-state index is 13.3. The van der Waals surface area contributed by atoms with Crippen LogP contribution in [0.15, 0.2) is 18.2 Å². The molecule has 0 bridgehead atoms. The minimum absolute atomic E-state index is 0.0998. The van der Waals surface area contributed by atoms with Crippen LogP contribution in [0.1, 0.15) is 45.1 Å². The molecule has 1 amide bonds. The van der Waals surface area contributed by atoms with Crippen molar-refractivity contribution in [2.75, 3.05) is 11.4 Å². The van der Waals surface area contributed by atoms with E-state index in [4.69, 9.17) is 4.74 Å². The first kappa shape index (κ1) is 17.4. The molecule has 0 unspecified atom stereocenters. The lowest BCUT2D eigenvalue weighted by Crippen LogP contribution is -2.55. The molecule has 1 aromatic rings. The van der Waals surface area contributed by atoms with Crippen LogP contribution in [0, 0.1) is 12.7 Å². The van der Waals surface area contributed by atoms with Gasteiger partial charge in [-0.05, 0) is 70.2 Å². The summed E-state index contributed by atoms with van der Waals surface area (Å²) < 4.78 is 19.1. The molecule has 3 rings (SSSR count). The van der Waals surface area contributed by atoms with Crippen LogP contribution in [0.5, 0.6) is 0 Å². The van der Waals surface area contributed by atoms with Crippen LogP contribution < -0.4 is 10.2 Å². The highest BCUT2D eigenvalue weighted by molar-refractivity contribution is 5.98. The zero-order valence-electron chi connectivity index (χ0n) is 14.7. The van der Waals surface area contributed by atoms with Gasteiger partial charge in [-0.25, -0.2) is 4.39 Å². The molecule has 1 N–H and O–H groups in total. The number of ether oxygens (including phenoxy) is 1. The minimum Gasteiger partial charge on any atom is -0.375 e. The number of nitrogens with one attached hydrogen (secondary N) is 1. The quantitative estimate of drug-likeness (QED) is 0.923. The fourth-order valence-corrected chi connectivity index (χ4v) is 4.02. The molecule has 1 aromatic carbocycles. The SMILES string of the molecule is Cc1cc(F)ccc1N1CCC[C@H](NC2C[C@H](C)O[C@@H](C)C2)C1=O. The van der Waals surface area contributed by atoms with Gasteiger partial charge in [-0.15, -0.1) is 0 Å². The number of anilines is 1. The number of aryl methyl sites for hydroxylation is 1. The Morgan fingerprint density at radius 2 is 1.96 bits per heavy atom. The number of benzene rings is 1. The summed E-state index contributed by atoms with van der Waals surface area (Å²) in [6, 6.07) is 4.78. The van der Waals surface area contributed by atoms with Crippen LogP contribution in [0.25, 0.3) is 0 Å². The number of nitrogens with zero attached hydrogens (tertiary/aromatic N) is 1. The lowest BCUT2D eigenvalue weighted by Gasteiger charge is -2.38. The Hall–Kier alpha value is -1.46. The lowest BCUT2D eigenvalue weighted by atomic mass is 9.96. The minimum atomic E-state index is -0.263. The van der Waals surface area contributed by atoms with E-state index in [1.54, 1.807) is 6.07 Å². The zero-order valence-corrected chi connectivity index (χ0v) is 14.7. The predicted molar refractivity (Wildman–Crippen MR) is 92.7 cm³/mol. The fraction of sp³-hybridized carbons (Fsp3) is 0.632. The number of carbonyl (C=O) groups excluding carboxylic acids is 1. The van der Waals surface area contributed by atoms with Crippen molar-refractivity contribution < 1.29 is 13.9 Å². The average molecular weight is 334 g/mol. The van der Waals surface area contributed by atoms with E-state index in [-0.39, 0.29) is 30.0 Å². The topological polar surface area (TPSA) is 41.6 Å². The van der Waals surface area contributed by atoms with Gasteiger partial charge in [0.1, 0.15) is 5.82 Å². The first-order chi connectivity index (χ1) is 11.4. The van der Waals surface area contributed by atoms with E-state index < -0.39 is 0 Å². The third-order valence-electron chi connectivity index (χ3n) is 5.02. The molecule has 24 heavy (non-hydrogen) atoms. The summed E-state index contributed by atoms with van der Waals surface area (Å²) in [7, 11) is 0. The highest BCUT2D eigenvalue weighted by Gasteiger charge is 2.34. The van der Waals surface area contributed by atoms with Crippen molar-refractivity contribution in [1.82, 2.24) is 5.32 Å². The van der Waals surface area contributed by atoms with Crippen molar-refractivity contribution in [3.63, 3.8) is 0 Å². The van der Waals surface area contributed by atoms with Crippen LogP contribution >= 0.6 is 0 Å². The molecule has 5 heteroatoms. The second kappa shape index (κ2) is 7.19. The molecule has 2 aliphatic rings. The molecule has 0 aromatic heterocycles. The summed E-state index contributed by atoms with van der Waals surface area (Å²) in [4.78, 5) is 14.7. The third-order valence-corrected chi connectivity index (χ3v) is 5.02. The molecule has 4 nitrogen and oxygen atoms in total. The number of rotatable bonds is 3. The summed E-state index contributed by atoms with van der Waals surface area (Å²) in [6.07, 6.45) is 4.12. The molecular weight excluding hydrogens is 307 g/mol. The number of halogens is 1. The lowest BCUT2D eigenvalue weighted by molar-refractivity contribution is -0.122. The van der Waals surface area contributed by atoms with Gasteiger partial charge >= 0.3 is 0 Å². The van der Waals surface area contributed by atoms with Crippen molar-refractivity contribution in [2.45, 2.75) is 70.7 Å². The Morgan fingerprint density at radius 1 is 1.25 bits per heavy atom. The highest BCUT2D eigenvalue weighted by atomic mass is 19.1. The summed E-state index contributed by atoms with van der Waals surface area (Å²) in [6.45, 7) is 6.72. The van der Waals surface area contributed by atoms with Gasteiger partial charge in [0.15, 0.2) is 0 Å². The van der Waals surface area contributed by atoms with Gasteiger partial charge in [-0.1, -0.05) is 0 Å². The Kier molecular flexibility index (Phi) is 5.21. The monoisotopic (exact) mass is 334 g/mol. The van der Waals surface area contributed by atoms with Gasteiger partial charge in [0, 0.05) is 18.3 Å². The first-order valence-electron chi connectivity index (χ1n) is 8.93. The molecule has 132 valence electrons. The Morgan fingerprint density at radius 3 is 2.62 bits per heavy atom. The molecule has 0 aliphatic carbocycles. The van der Waals surface area contributed by atoms with Crippen LogP contribution in [-0.4, -0.2) is 36.7 Å². The van der Waals surface area contributed by atoms with Crippen molar-refractivity contribution in [1.29, 1.82) is 0 Å². The Labute approximate surface area is 143 Å². The van der Waals surface area contributed by atoms with E-state index in [0.717, 1.165) is 36.9 Å². The first-order valence-corrected chi connectivity index (χ1v) is 8.93. The molecule has 2 fully saturated rings. The maximum Gasteiger partial charge on any atom is 0.244 e. The zero-order chi connectivity index (χ0) is 17.3.